The standard InChI is InChI=1S/C24H39O7P/c1-10-13-16(4)22(25)19(7)29-32(28,30-20(8)23(26)17(5)14-11-2)31-21(9)24(27)18(6)15-12-3/h19-21H,4-6,10-15H2,1-3,7-9H3. The van der Waals surface area contributed by atoms with Gasteiger partial charge in [-0.15, -0.1) is 0 Å². The molecule has 0 saturated carbocycles. The maximum absolute atomic E-state index is 13.5. The van der Waals surface area contributed by atoms with Crippen LogP contribution in [0.3, 0.4) is 0 Å². The van der Waals surface area contributed by atoms with Crippen LogP contribution >= 0.6 is 7.82 Å². The highest BCUT2D eigenvalue weighted by Gasteiger charge is 2.39. The first kappa shape index (κ1) is 30.3. The van der Waals surface area contributed by atoms with E-state index in [2.05, 4.69) is 19.7 Å². The Balaban J connectivity index is 5.72. The van der Waals surface area contributed by atoms with E-state index >= 15 is 0 Å². The minimum atomic E-state index is -4.51. The smallest absolute Gasteiger partial charge is 0.292 e. The van der Waals surface area contributed by atoms with Gasteiger partial charge in [0, 0.05) is 0 Å². The van der Waals surface area contributed by atoms with Crippen molar-refractivity contribution < 1.29 is 32.5 Å². The zero-order valence-corrected chi connectivity index (χ0v) is 21.3. The van der Waals surface area contributed by atoms with E-state index in [1.807, 2.05) is 20.8 Å². The van der Waals surface area contributed by atoms with E-state index in [0.29, 0.717) is 55.2 Å². The summed E-state index contributed by atoms with van der Waals surface area (Å²) in [6, 6.07) is 0. The summed E-state index contributed by atoms with van der Waals surface area (Å²) in [5.41, 5.74) is 0.937. The van der Waals surface area contributed by atoms with E-state index in [-0.39, 0.29) is 0 Å². The quantitative estimate of drug-likeness (QED) is 0.177. The lowest BCUT2D eigenvalue weighted by atomic mass is 10.1. The van der Waals surface area contributed by atoms with Crippen molar-refractivity contribution in [2.75, 3.05) is 0 Å². The third-order valence-electron chi connectivity index (χ3n) is 4.67. The van der Waals surface area contributed by atoms with Gasteiger partial charge in [-0.25, -0.2) is 4.57 Å². The van der Waals surface area contributed by atoms with E-state index in [4.69, 9.17) is 13.6 Å². The molecule has 0 aliphatic heterocycles. The van der Waals surface area contributed by atoms with Crippen molar-refractivity contribution in [3.8, 4) is 0 Å². The Hall–Kier alpha value is -1.66. The molecule has 0 amide bonds. The Labute approximate surface area is 192 Å². The van der Waals surface area contributed by atoms with Crippen LogP contribution in [0.15, 0.2) is 36.5 Å². The lowest BCUT2D eigenvalue weighted by molar-refractivity contribution is -0.126. The van der Waals surface area contributed by atoms with E-state index < -0.39 is 43.5 Å². The Morgan fingerprint density at radius 3 is 1.03 bits per heavy atom. The molecule has 3 unspecified atom stereocenters. The largest absolute Gasteiger partial charge is 0.476 e. The number of carbonyl (C=O) groups is 3. The van der Waals surface area contributed by atoms with Gasteiger partial charge < -0.3 is 0 Å². The first-order valence-electron chi connectivity index (χ1n) is 11.1. The third kappa shape index (κ3) is 9.86. The second-order valence-electron chi connectivity index (χ2n) is 7.84. The van der Waals surface area contributed by atoms with Crippen LogP contribution in [0.25, 0.3) is 0 Å². The van der Waals surface area contributed by atoms with Crippen LogP contribution in [0, 0.1) is 0 Å². The fourth-order valence-electron chi connectivity index (χ4n) is 2.94. The number of hydrogen-bond donors (Lipinski definition) is 0. The van der Waals surface area contributed by atoms with Crippen LogP contribution in [-0.2, 0) is 32.5 Å². The monoisotopic (exact) mass is 470 g/mol. The predicted octanol–water partition coefficient (Wildman–Crippen LogP) is 6.09. The number of rotatable bonds is 18. The molecule has 3 atom stereocenters. The van der Waals surface area contributed by atoms with Crippen molar-refractivity contribution in [2.24, 2.45) is 0 Å². The van der Waals surface area contributed by atoms with Crippen LogP contribution in [0.5, 0.6) is 0 Å². The molecule has 0 aliphatic carbocycles. The van der Waals surface area contributed by atoms with Crippen molar-refractivity contribution >= 4 is 25.2 Å². The number of phosphoric acid groups is 1. The highest BCUT2D eigenvalue weighted by Crippen LogP contribution is 2.53. The van der Waals surface area contributed by atoms with Gasteiger partial charge in [-0.1, -0.05) is 59.8 Å². The molecule has 8 heteroatoms. The predicted molar refractivity (Wildman–Crippen MR) is 126 cm³/mol. The van der Waals surface area contributed by atoms with E-state index in [0.717, 1.165) is 0 Å². The normalized spacial score (nSPS) is 15.8. The summed E-state index contributed by atoms with van der Waals surface area (Å²) in [7, 11) is -4.51. The number of phosphoric ester groups is 1. The molecule has 0 spiro atoms. The van der Waals surface area contributed by atoms with E-state index in [1.54, 1.807) is 0 Å². The average Bonchev–Trinajstić information content (AvgIpc) is 2.71. The Bertz CT molecular complexity index is 668. The van der Waals surface area contributed by atoms with Gasteiger partial charge in [-0.05, 0) is 56.8 Å². The van der Waals surface area contributed by atoms with Gasteiger partial charge in [-0.3, -0.25) is 28.0 Å². The van der Waals surface area contributed by atoms with Gasteiger partial charge in [-0.2, -0.15) is 0 Å². The molecule has 0 aromatic heterocycles. The van der Waals surface area contributed by atoms with Crippen LogP contribution in [-0.4, -0.2) is 35.7 Å². The van der Waals surface area contributed by atoms with Crippen LogP contribution in [0.2, 0.25) is 0 Å². The van der Waals surface area contributed by atoms with Gasteiger partial charge in [0.2, 0.25) is 0 Å². The molecule has 0 aliphatic rings. The number of ketones is 3. The molecule has 0 radical (unpaired) electrons. The molecule has 0 fully saturated rings. The maximum Gasteiger partial charge on any atom is 0.476 e. The number of hydrogen-bond acceptors (Lipinski definition) is 7. The van der Waals surface area contributed by atoms with Crippen molar-refractivity contribution in [1.29, 1.82) is 0 Å². The lowest BCUT2D eigenvalue weighted by Gasteiger charge is -2.26. The van der Waals surface area contributed by atoms with Crippen molar-refractivity contribution in [3.63, 3.8) is 0 Å². The van der Waals surface area contributed by atoms with Crippen LogP contribution in [0.4, 0.5) is 0 Å². The first-order valence-corrected chi connectivity index (χ1v) is 12.6. The summed E-state index contributed by atoms with van der Waals surface area (Å²) in [6.07, 6.45) is -0.136. The molecule has 0 rings (SSSR count). The summed E-state index contributed by atoms with van der Waals surface area (Å²) >= 11 is 0. The van der Waals surface area contributed by atoms with Crippen LogP contribution in [0.1, 0.15) is 80.1 Å². The summed E-state index contributed by atoms with van der Waals surface area (Å²) in [6.45, 7) is 21.1. The van der Waals surface area contributed by atoms with Gasteiger partial charge in [0.15, 0.2) is 17.3 Å². The fraction of sp³-hybridized carbons (Fsp3) is 0.625. The van der Waals surface area contributed by atoms with Gasteiger partial charge in [0.25, 0.3) is 0 Å². The second-order valence-corrected chi connectivity index (χ2v) is 9.37. The first-order chi connectivity index (χ1) is 14.8. The van der Waals surface area contributed by atoms with E-state index in [1.165, 1.54) is 20.8 Å². The molecule has 0 bridgehead atoms. The fourth-order valence-corrected chi connectivity index (χ4v) is 4.53. The topological polar surface area (TPSA) is 96.0 Å². The SMILES string of the molecule is C=C(CCC)C(=O)C(C)OP(=O)(OC(C)C(=O)C(=C)CCC)OC(C)C(=O)C(=C)CCC. The molecule has 7 nitrogen and oxygen atoms in total. The molecule has 0 aromatic carbocycles. The Morgan fingerprint density at radius 2 is 0.844 bits per heavy atom. The number of Topliss-reactive ketones (excluding diaryl/α,β-unsaturated/α-hetero) is 3. The second kappa shape index (κ2) is 14.5. The minimum absolute atomic E-state index is 0.312. The molecule has 182 valence electrons. The maximum atomic E-state index is 13.5. The van der Waals surface area contributed by atoms with Gasteiger partial charge in [0.05, 0.1) is 0 Å². The highest BCUT2D eigenvalue weighted by atomic mass is 31.2. The zero-order chi connectivity index (χ0) is 25.1. The Morgan fingerprint density at radius 1 is 0.625 bits per heavy atom. The third-order valence-corrected chi connectivity index (χ3v) is 6.39. The number of carbonyl (C=O) groups excluding carboxylic acids is 3. The van der Waals surface area contributed by atoms with Crippen LogP contribution < -0.4 is 0 Å². The lowest BCUT2D eigenvalue weighted by Crippen LogP contribution is -2.29. The molecule has 0 N–H and O–H groups in total. The molecule has 0 aromatic rings. The molecular formula is C24H39O7P. The molecule has 32 heavy (non-hydrogen) atoms. The molecule has 0 heterocycles. The zero-order valence-electron chi connectivity index (χ0n) is 20.4. The van der Waals surface area contributed by atoms with Crippen molar-refractivity contribution in [3.05, 3.63) is 36.5 Å². The van der Waals surface area contributed by atoms with Gasteiger partial charge >= 0.3 is 7.82 Å². The Kier molecular flexibility index (Phi) is 13.7. The van der Waals surface area contributed by atoms with E-state index in [9.17, 15) is 18.9 Å². The minimum Gasteiger partial charge on any atom is -0.292 e. The molecule has 0 saturated heterocycles. The van der Waals surface area contributed by atoms with Crippen molar-refractivity contribution in [2.45, 2.75) is 98.4 Å². The highest BCUT2D eigenvalue weighted by molar-refractivity contribution is 7.48. The van der Waals surface area contributed by atoms with Gasteiger partial charge in [0.1, 0.15) is 18.3 Å². The summed E-state index contributed by atoms with van der Waals surface area (Å²) in [4.78, 5) is 37.6. The summed E-state index contributed by atoms with van der Waals surface area (Å²) < 4.78 is 29.8. The molecular weight excluding hydrogens is 431 g/mol. The summed E-state index contributed by atoms with van der Waals surface area (Å²) in [5, 5.41) is 0. The van der Waals surface area contributed by atoms with Crippen molar-refractivity contribution in [1.82, 2.24) is 0 Å². The average molecular weight is 471 g/mol. The summed E-state index contributed by atoms with van der Waals surface area (Å²) in [5.74, 6) is -1.37.